The van der Waals surface area contributed by atoms with Gasteiger partial charge in [0.05, 0.1) is 12.0 Å². The molecular formula is C8H9N5. The van der Waals surface area contributed by atoms with E-state index in [2.05, 4.69) is 19.9 Å². The molecule has 0 aliphatic heterocycles. The maximum Gasteiger partial charge on any atom is 0.181 e. The molecule has 2 aromatic rings. The Morgan fingerprint density at radius 1 is 1.38 bits per heavy atom. The lowest BCUT2D eigenvalue weighted by Gasteiger charge is -1.92. The van der Waals surface area contributed by atoms with Crippen molar-refractivity contribution in [3.05, 3.63) is 24.4 Å². The van der Waals surface area contributed by atoms with Crippen molar-refractivity contribution >= 4 is 17.2 Å². The Kier molecular flexibility index (Phi) is 2.01. The first kappa shape index (κ1) is 7.88. The smallest absolute Gasteiger partial charge is 0.181 e. The van der Waals surface area contributed by atoms with E-state index in [9.17, 15) is 0 Å². The predicted molar refractivity (Wildman–Crippen MR) is 49.8 cm³/mol. The van der Waals surface area contributed by atoms with Gasteiger partial charge >= 0.3 is 0 Å². The first-order chi connectivity index (χ1) is 6.42. The number of imidazole rings is 1. The summed E-state index contributed by atoms with van der Waals surface area (Å²) in [5.41, 5.74) is 7.67. The van der Waals surface area contributed by atoms with Crippen LogP contribution in [-0.2, 0) is 0 Å². The Morgan fingerprint density at radius 3 is 3.15 bits per heavy atom. The average Bonchev–Trinajstić information content (AvgIpc) is 2.62. The second-order valence-electron chi connectivity index (χ2n) is 2.50. The van der Waals surface area contributed by atoms with Gasteiger partial charge in [0.2, 0.25) is 0 Å². The molecule has 5 heteroatoms. The van der Waals surface area contributed by atoms with Crippen LogP contribution in [0, 0.1) is 0 Å². The SMILES string of the molecule is NCC=Cc1ncnc2nc[nH]c12. The van der Waals surface area contributed by atoms with Gasteiger partial charge in [0.15, 0.2) is 5.65 Å². The van der Waals surface area contributed by atoms with Crippen LogP contribution in [0.25, 0.3) is 17.2 Å². The highest BCUT2D eigenvalue weighted by atomic mass is 15.0. The van der Waals surface area contributed by atoms with Crippen LogP contribution in [-0.4, -0.2) is 26.5 Å². The van der Waals surface area contributed by atoms with Crippen molar-refractivity contribution in [2.75, 3.05) is 6.54 Å². The molecule has 0 amide bonds. The summed E-state index contributed by atoms with van der Waals surface area (Å²) in [6.07, 6.45) is 6.77. The van der Waals surface area contributed by atoms with Crippen molar-refractivity contribution in [3.8, 4) is 0 Å². The predicted octanol–water partition coefficient (Wildman–Crippen LogP) is 0.325. The minimum Gasteiger partial charge on any atom is -0.341 e. The fourth-order valence-electron chi connectivity index (χ4n) is 1.09. The Balaban J connectivity index is 2.54. The first-order valence-electron chi connectivity index (χ1n) is 3.92. The van der Waals surface area contributed by atoms with E-state index in [1.54, 1.807) is 6.33 Å². The van der Waals surface area contributed by atoms with E-state index < -0.39 is 0 Å². The largest absolute Gasteiger partial charge is 0.341 e. The fourth-order valence-corrected chi connectivity index (χ4v) is 1.09. The molecule has 0 fully saturated rings. The number of hydrogen-bond acceptors (Lipinski definition) is 4. The van der Waals surface area contributed by atoms with Crippen LogP contribution in [0.5, 0.6) is 0 Å². The van der Waals surface area contributed by atoms with E-state index in [0.29, 0.717) is 12.2 Å². The quantitative estimate of drug-likeness (QED) is 0.689. The number of rotatable bonds is 2. The van der Waals surface area contributed by atoms with Crippen LogP contribution >= 0.6 is 0 Å². The molecule has 2 heterocycles. The molecule has 2 aromatic heterocycles. The van der Waals surface area contributed by atoms with Crippen LogP contribution in [0.1, 0.15) is 5.69 Å². The molecule has 0 unspecified atom stereocenters. The lowest BCUT2D eigenvalue weighted by molar-refractivity contribution is 1.18. The molecule has 0 saturated carbocycles. The summed E-state index contributed by atoms with van der Waals surface area (Å²) in [7, 11) is 0. The average molecular weight is 175 g/mol. The Hall–Kier alpha value is -1.75. The lowest BCUT2D eigenvalue weighted by atomic mass is 10.3. The normalized spacial score (nSPS) is 11.5. The highest BCUT2D eigenvalue weighted by Gasteiger charge is 2.00. The third kappa shape index (κ3) is 1.41. The van der Waals surface area contributed by atoms with E-state index in [1.165, 1.54) is 6.33 Å². The molecule has 0 spiro atoms. The highest BCUT2D eigenvalue weighted by Crippen LogP contribution is 2.09. The topological polar surface area (TPSA) is 80.5 Å². The van der Waals surface area contributed by atoms with Crippen molar-refractivity contribution in [1.29, 1.82) is 0 Å². The number of nitrogens with two attached hydrogens (primary N) is 1. The van der Waals surface area contributed by atoms with Crippen LogP contribution in [0.4, 0.5) is 0 Å². The molecular weight excluding hydrogens is 166 g/mol. The summed E-state index contributed by atoms with van der Waals surface area (Å²) in [5.74, 6) is 0. The summed E-state index contributed by atoms with van der Waals surface area (Å²) < 4.78 is 0. The molecule has 3 N–H and O–H groups in total. The zero-order chi connectivity index (χ0) is 9.10. The molecule has 0 saturated heterocycles. The minimum absolute atomic E-state index is 0.500. The second-order valence-corrected chi connectivity index (χ2v) is 2.50. The van der Waals surface area contributed by atoms with E-state index >= 15 is 0 Å². The molecule has 2 rings (SSSR count). The fraction of sp³-hybridized carbons (Fsp3) is 0.125. The van der Waals surface area contributed by atoms with Crippen molar-refractivity contribution in [2.45, 2.75) is 0 Å². The van der Waals surface area contributed by atoms with Crippen LogP contribution < -0.4 is 5.73 Å². The number of aromatic nitrogens is 4. The zero-order valence-electron chi connectivity index (χ0n) is 6.94. The van der Waals surface area contributed by atoms with E-state index in [0.717, 1.165) is 11.2 Å². The molecule has 5 nitrogen and oxygen atoms in total. The Bertz CT molecular complexity index is 431. The summed E-state index contributed by atoms with van der Waals surface area (Å²) in [6.45, 7) is 0.500. The van der Waals surface area contributed by atoms with E-state index in [4.69, 9.17) is 5.73 Å². The summed E-state index contributed by atoms with van der Waals surface area (Å²) in [4.78, 5) is 15.1. The second kappa shape index (κ2) is 3.32. The monoisotopic (exact) mass is 175 g/mol. The van der Waals surface area contributed by atoms with Crippen molar-refractivity contribution in [2.24, 2.45) is 5.73 Å². The van der Waals surface area contributed by atoms with Crippen LogP contribution in [0.2, 0.25) is 0 Å². The number of H-pyrrole nitrogens is 1. The van der Waals surface area contributed by atoms with E-state index in [-0.39, 0.29) is 0 Å². The number of fused-ring (bicyclic) bond motifs is 1. The van der Waals surface area contributed by atoms with Gasteiger partial charge in [-0.1, -0.05) is 6.08 Å². The van der Waals surface area contributed by atoms with Crippen LogP contribution in [0.15, 0.2) is 18.7 Å². The number of aromatic amines is 1. The molecule has 0 aliphatic carbocycles. The number of nitrogens with zero attached hydrogens (tertiary/aromatic N) is 3. The van der Waals surface area contributed by atoms with E-state index in [1.807, 2.05) is 12.2 Å². The Labute approximate surface area is 74.7 Å². The summed E-state index contributed by atoms with van der Waals surface area (Å²) >= 11 is 0. The molecule has 0 atom stereocenters. The van der Waals surface area contributed by atoms with Gasteiger partial charge in [0, 0.05) is 6.54 Å². The standard InChI is InChI=1S/C8H9N5/c9-3-1-2-6-7-8(12-4-10-6)13-5-11-7/h1-2,4-5H,3,9H2,(H,10,11,12,13). The highest BCUT2D eigenvalue weighted by molar-refractivity contribution is 5.78. The molecule has 0 bridgehead atoms. The maximum absolute atomic E-state index is 5.34. The summed E-state index contributed by atoms with van der Waals surface area (Å²) in [6, 6.07) is 0. The maximum atomic E-state index is 5.34. The number of hydrogen-bond donors (Lipinski definition) is 2. The molecule has 0 radical (unpaired) electrons. The van der Waals surface area contributed by atoms with Gasteiger partial charge in [-0.15, -0.1) is 0 Å². The van der Waals surface area contributed by atoms with Gasteiger partial charge in [-0.2, -0.15) is 0 Å². The van der Waals surface area contributed by atoms with Gasteiger partial charge in [0.1, 0.15) is 11.8 Å². The summed E-state index contributed by atoms with van der Waals surface area (Å²) in [5, 5.41) is 0. The van der Waals surface area contributed by atoms with Gasteiger partial charge in [-0.05, 0) is 6.08 Å². The zero-order valence-corrected chi connectivity index (χ0v) is 6.94. The van der Waals surface area contributed by atoms with Crippen LogP contribution in [0.3, 0.4) is 0 Å². The lowest BCUT2D eigenvalue weighted by Crippen LogP contribution is -1.93. The minimum atomic E-state index is 0.500. The molecule has 0 aliphatic rings. The molecule has 13 heavy (non-hydrogen) atoms. The third-order valence-electron chi connectivity index (χ3n) is 1.66. The van der Waals surface area contributed by atoms with Crippen molar-refractivity contribution < 1.29 is 0 Å². The van der Waals surface area contributed by atoms with Gasteiger partial charge in [0.25, 0.3) is 0 Å². The van der Waals surface area contributed by atoms with Gasteiger partial charge in [-0.3, -0.25) is 0 Å². The van der Waals surface area contributed by atoms with Crippen molar-refractivity contribution in [3.63, 3.8) is 0 Å². The number of nitrogens with one attached hydrogen (secondary N) is 1. The molecule has 66 valence electrons. The van der Waals surface area contributed by atoms with Gasteiger partial charge < -0.3 is 10.7 Å². The first-order valence-corrected chi connectivity index (χ1v) is 3.92. The Morgan fingerprint density at radius 2 is 2.31 bits per heavy atom. The molecule has 0 aromatic carbocycles. The van der Waals surface area contributed by atoms with Gasteiger partial charge in [-0.25, -0.2) is 15.0 Å². The van der Waals surface area contributed by atoms with Crippen molar-refractivity contribution in [1.82, 2.24) is 19.9 Å². The third-order valence-corrected chi connectivity index (χ3v) is 1.66.